The highest BCUT2D eigenvalue weighted by molar-refractivity contribution is 5.98. The summed E-state index contributed by atoms with van der Waals surface area (Å²) in [7, 11) is 0. The second kappa shape index (κ2) is 9.60. The number of benzene rings is 2. The van der Waals surface area contributed by atoms with Crippen LogP contribution in [-0.4, -0.2) is 39.1 Å². The van der Waals surface area contributed by atoms with Crippen LogP contribution in [0.4, 0.5) is 11.9 Å². The van der Waals surface area contributed by atoms with E-state index in [2.05, 4.69) is 31.3 Å². The Kier molecular flexibility index (Phi) is 6.20. The van der Waals surface area contributed by atoms with E-state index in [9.17, 15) is 4.79 Å². The number of nitrogens with two attached hydrogens (primary N) is 1. The molecule has 0 atom stereocenters. The summed E-state index contributed by atoms with van der Waals surface area (Å²) < 4.78 is 5.59. The predicted molar refractivity (Wildman–Crippen MR) is 134 cm³/mol. The summed E-state index contributed by atoms with van der Waals surface area (Å²) in [5.74, 6) is 0.387. The monoisotopic (exact) mass is 466 g/mol. The molecule has 176 valence electrons. The molecule has 35 heavy (non-hydrogen) atoms. The standard InChI is InChI=1S/C27H26N6O2/c1-18-3-2-4-20(13-18)22-16-31-26(32-17-22)33-24(34)27(9-11-35-12-10-27)23-7-5-19(6-8-23)21-14-29-25(28)30-15-21/h2-8,13-17H,9-12H2,1H3,(H2,28,29,30)(H,31,32,33,34). The predicted octanol–water partition coefficient (Wildman–Crippen LogP) is 4.18. The van der Waals surface area contributed by atoms with Crippen LogP contribution in [0, 0.1) is 6.92 Å². The zero-order chi connectivity index (χ0) is 24.3. The van der Waals surface area contributed by atoms with Gasteiger partial charge in [-0.2, -0.15) is 0 Å². The van der Waals surface area contributed by atoms with Crippen molar-refractivity contribution in [3.63, 3.8) is 0 Å². The smallest absolute Gasteiger partial charge is 0.237 e. The lowest BCUT2D eigenvalue weighted by Gasteiger charge is -2.36. The number of aryl methyl sites for hydroxylation is 1. The minimum absolute atomic E-state index is 0.132. The van der Waals surface area contributed by atoms with Gasteiger partial charge in [0.2, 0.25) is 17.8 Å². The van der Waals surface area contributed by atoms with Gasteiger partial charge in [-0.15, -0.1) is 0 Å². The molecule has 0 saturated carbocycles. The normalized spacial score (nSPS) is 14.9. The molecule has 3 heterocycles. The van der Waals surface area contributed by atoms with Crippen molar-refractivity contribution in [1.29, 1.82) is 0 Å². The van der Waals surface area contributed by atoms with Crippen molar-refractivity contribution in [2.45, 2.75) is 25.2 Å². The third-order valence-electron chi connectivity index (χ3n) is 6.45. The summed E-state index contributed by atoms with van der Waals surface area (Å²) >= 11 is 0. The van der Waals surface area contributed by atoms with E-state index < -0.39 is 5.41 Å². The molecule has 1 saturated heterocycles. The molecule has 0 bridgehead atoms. The molecule has 8 heteroatoms. The van der Waals surface area contributed by atoms with E-state index >= 15 is 0 Å². The summed E-state index contributed by atoms with van der Waals surface area (Å²) in [6.45, 7) is 3.06. The minimum Gasteiger partial charge on any atom is -0.381 e. The van der Waals surface area contributed by atoms with Gasteiger partial charge in [-0.3, -0.25) is 10.1 Å². The Morgan fingerprint density at radius 2 is 1.49 bits per heavy atom. The van der Waals surface area contributed by atoms with Crippen LogP contribution in [0.15, 0.2) is 73.3 Å². The molecule has 1 aliphatic heterocycles. The number of carbonyl (C=O) groups is 1. The van der Waals surface area contributed by atoms with Gasteiger partial charge in [0.25, 0.3) is 0 Å². The number of nitrogen functional groups attached to an aromatic ring is 1. The lowest BCUT2D eigenvalue weighted by atomic mass is 9.73. The molecule has 0 radical (unpaired) electrons. The molecule has 4 aromatic rings. The van der Waals surface area contributed by atoms with Crippen molar-refractivity contribution in [2.24, 2.45) is 0 Å². The van der Waals surface area contributed by atoms with Crippen molar-refractivity contribution in [1.82, 2.24) is 19.9 Å². The number of hydrogen-bond donors (Lipinski definition) is 2. The zero-order valence-electron chi connectivity index (χ0n) is 19.4. The largest absolute Gasteiger partial charge is 0.381 e. The minimum atomic E-state index is -0.729. The molecule has 8 nitrogen and oxygen atoms in total. The van der Waals surface area contributed by atoms with Crippen LogP contribution in [0.3, 0.4) is 0 Å². The number of aromatic nitrogens is 4. The summed E-state index contributed by atoms with van der Waals surface area (Å²) in [6.07, 6.45) is 7.99. The van der Waals surface area contributed by atoms with Crippen LogP contribution >= 0.6 is 0 Å². The maximum atomic E-state index is 13.6. The number of carbonyl (C=O) groups excluding carboxylic acids is 1. The summed E-state index contributed by atoms with van der Waals surface area (Å²) in [4.78, 5) is 30.5. The number of hydrogen-bond acceptors (Lipinski definition) is 7. The summed E-state index contributed by atoms with van der Waals surface area (Å²) in [5, 5.41) is 2.94. The summed E-state index contributed by atoms with van der Waals surface area (Å²) in [6, 6.07) is 16.1. The Balaban J connectivity index is 1.38. The second-order valence-electron chi connectivity index (χ2n) is 8.72. The Morgan fingerprint density at radius 3 is 2.14 bits per heavy atom. The molecule has 0 unspecified atom stereocenters. The second-order valence-corrected chi connectivity index (χ2v) is 8.72. The van der Waals surface area contributed by atoms with E-state index in [1.54, 1.807) is 24.8 Å². The van der Waals surface area contributed by atoms with Crippen molar-refractivity contribution in [2.75, 3.05) is 24.3 Å². The van der Waals surface area contributed by atoms with Gasteiger partial charge in [-0.1, -0.05) is 54.1 Å². The first-order chi connectivity index (χ1) is 17.0. The molecule has 1 amide bonds. The van der Waals surface area contributed by atoms with Gasteiger partial charge >= 0.3 is 0 Å². The fourth-order valence-corrected chi connectivity index (χ4v) is 4.42. The first-order valence-corrected chi connectivity index (χ1v) is 11.5. The van der Waals surface area contributed by atoms with E-state index in [-0.39, 0.29) is 17.8 Å². The number of anilines is 2. The summed E-state index contributed by atoms with van der Waals surface area (Å²) in [5.41, 5.74) is 10.7. The number of ether oxygens (including phenoxy) is 1. The number of rotatable bonds is 5. The van der Waals surface area contributed by atoms with Crippen LogP contribution < -0.4 is 11.1 Å². The fraction of sp³-hybridized carbons (Fsp3) is 0.222. The molecule has 1 fully saturated rings. The quantitative estimate of drug-likeness (QED) is 0.453. The SMILES string of the molecule is Cc1cccc(-c2cnc(NC(=O)C3(c4ccc(-c5cnc(N)nc5)cc4)CCOCC3)nc2)c1. The highest BCUT2D eigenvalue weighted by atomic mass is 16.5. The van der Waals surface area contributed by atoms with Crippen LogP contribution in [-0.2, 0) is 14.9 Å². The molecule has 0 spiro atoms. The third-order valence-corrected chi connectivity index (χ3v) is 6.45. The van der Waals surface area contributed by atoms with Gasteiger partial charge in [-0.05, 0) is 36.5 Å². The first-order valence-electron chi connectivity index (χ1n) is 11.5. The highest BCUT2D eigenvalue weighted by Crippen LogP contribution is 2.37. The van der Waals surface area contributed by atoms with E-state index in [1.807, 2.05) is 49.4 Å². The molecule has 5 rings (SSSR count). The Bertz CT molecular complexity index is 1320. The maximum Gasteiger partial charge on any atom is 0.237 e. The van der Waals surface area contributed by atoms with Gasteiger partial charge in [-0.25, -0.2) is 19.9 Å². The molecule has 2 aromatic heterocycles. The maximum absolute atomic E-state index is 13.6. The van der Waals surface area contributed by atoms with Crippen LogP contribution in [0.25, 0.3) is 22.3 Å². The highest BCUT2D eigenvalue weighted by Gasteiger charge is 2.42. The van der Waals surface area contributed by atoms with E-state index in [0.717, 1.165) is 33.4 Å². The Morgan fingerprint density at radius 1 is 0.857 bits per heavy atom. The lowest BCUT2D eigenvalue weighted by molar-refractivity contribution is -0.125. The van der Waals surface area contributed by atoms with E-state index in [1.165, 1.54) is 0 Å². The van der Waals surface area contributed by atoms with Gasteiger partial charge < -0.3 is 10.5 Å². The molecular weight excluding hydrogens is 440 g/mol. The van der Waals surface area contributed by atoms with Gasteiger partial charge in [0.15, 0.2) is 0 Å². The molecule has 2 aromatic carbocycles. The molecule has 1 aliphatic rings. The van der Waals surface area contributed by atoms with Crippen LogP contribution in [0.5, 0.6) is 0 Å². The first kappa shape index (κ1) is 22.6. The van der Waals surface area contributed by atoms with Crippen molar-refractivity contribution >= 4 is 17.8 Å². The number of nitrogens with zero attached hydrogens (tertiary/aromatic N) is 4. The van der Waals surface area contributed by atoms with Crippen LogP contribution in [0.2, 0.25) is 0 Å². The Hall–Kier alpha value is -4.17. The van der Waals surface area contributed by atoms with Gasteiger partial charge in [0.1, 0.15) is 0 Å². The van der Waals surface area contributed by atoms with Crippen molar-refractivity contribution < 1.29 is 9.53 Å². The van der Waals surface area contributed by atoms with Crippen molar-refractivity contribution in [3.05, 3.63) is 84.4 Å². The molecular formula is C27H26N6O2. The number of nitrogens with one attached hydrogen (secondary N) is 1. The van der Waals surface area contributed by atoms with Gasteiger partial charge in [0.05, 0.1) is 5.41 Å². The van der Waals surface area contributed by atoms with E-state index in [0.29, 0.717) is 26.1 Å². The molecule has 0 aliphatic carbocycles. The molecule has 3 N–H and O–H groups in total. The fourth-order valence-electron chi connectivity index (χ4n) is 4.42. The zero-order valence-corrected chi connectivity index (χ0v) is 19.4. The third kappa shape index (κ3) is 4.74. The Labute approximate surface area is 203 Å². The topological polar surface area (TPSA) is 116 Å². The average Bonchev–Trinajstić information content (AvgIpc) is 2.90. The van der Waals surface area contributed by atoms with Crippen LogP contribution in [0.1, 0.15) is 24.0 Å². The van der Waals surface area contributed by atoms with E-state index in [4.69, 9.17) is 10.5 Å². The lowest BCUT2D eigenvalue weighted by Crippen LogP contribution is -2.45. The average molecular weight is 467 g/mol. The number of amides is 1. The van der Waals surface area contributed by atoms with Gasteiger partial charge in [0, 0.05) is 49.1 Å². The van der Waals surface area contributed by atoms with Crippen molar-refractivity contribution in [3.8, 4) is 22.3 Å².